The lowest BCUT2D eigenvalue weighted by Gasteiger charge is -2.10. The van der Waals surface area contributed by atoms with E-state index in [-0.39, 0.29) is 12.1 Å². The number of carbonyl (C=O) groups excluding carboxylic acids is 3. The number of urea groups is 1. The van der Waals surface area contributed by atoms with Gasteiger partial charge in [0.15, 0.2) is 6.61 Å². The van der Waals surface area contributed by atoms with Gasteiger partial charge in [-0.05, 0) is 55.8 Å². The van der Waals surface area contributed by atoms with Crippen LogP contribution in [0.1, 0.15) is 29.8 Å². The van der Waals surface area contributed by atoms with Gasteiger partial charge in [-0.15, -0.1) is 0 Å². The largest absolute Gasteiger partial charge is 0.497 e. The molecule has 0 bridgehead atoms. The SMILES string of the molecule is COc1ccc(NC(=O)COC(=O)c2ccc(CNC(=O)NC(C)C)cc2)cc1. The summed E-state index contributed by atoms with van der Waals surface area (Å²) in [5, 5.41) is 8.08. The molecule has 0 aliphatic rings. The molecule has 8 nitrogen and oxygen atoms in total. The number of ether oxygens (including phenoxy) is 2. The van der Waals surface area contributed by atoms with Crippen LogP contribution in [0.2, 0.25) is 0 Å². The van der Waals surface area contributed by atoms with Crippen molar-refractivity contribution in [3.8, 4) is 5.75 Å². The first kappa shape index (κ1) is 21.7. The van der Waals surface area contributed by atoms with E-state index in [1.54, 1.807) is 55.6 Å². The fourth-order valence-corrected chi connectivity index (χ4v) is 2.34. The number of hydrogen-bond acceptors (Lipinski definition) is 5. The third kappa shape index (κ3) is 7.53. The van der Waals surface area contributed by atoms with Crippen LogP contribution in [0.25, 0.3) is 0 Å². The van der Waals surface area contributed by atoms with Crippen LogP contribution < -0.4 is 20.7 Å². The Labute approximate surface area is 169 Å². The van der Waals surface area contributed by atoms with Gasteiger partial charge in [0.25, 0.3) is 5.91 Å². The molecule has 0 aromatic heterocycles. The van der Waals surface area contributed by atoms with Gasteiger partial charge in [-0.1, -0.05) is 12.1 Å². The zero-order chi connectivity index (χ0) is 21.2. The van der Waals surface area contributed by atoms with E-state index in [9.17, 15) is 14.4 Å². The average molecular weight is 399 g/mol. The summed E-state index contributed by atoms with van der Waals surface area (Å²) in [6.45, 7) is 3.68. The lowest BCUT2D eigenvalue weighted by Crippen LogP contribution is -2.39. The maximum atomic E-state index is 12.1. The fourth-order valence-electron chi connectivity index (χ4n) is 2.34. The zero-order valence-electron chi connectivity index (χ0n) is 16.7. The highest BCUT2D eigenvalue weighted by Gasteiger charge is 2.11. The molecule has 2 aromatic carbocycles. The minimum absolute atomic E-state index is 0.0501. The number of carbonyl (C=O) groups is 3. The molecule has 8 heteroatoms. The molecule has 0 aliphatic heterocycles. The monoisotopic (exact) mass is 399 g/mol. The Balaban J connectivity index is 1.78. The third-order valence-corrected chi connectivity index (χ3v) is 3.77. The standard InChI is InChI=1S/C21H25N3O5/c1-14(2)23-21(27)22-12-15-4-6-16(7-5-15)20(26)29-13-19(25)24-17-8-10-18(28-3)11-9-17/h4-11,14H,12-13H2,1-3H3,(H,24,25)(H2,22,23,27). The first-order chi connectivity index (χ1) is 13.9. The van der Waals surface area contributed by atoms with E-state index >= 15 is 0 Å². The van der Waals surface area contributed by atoms with Crippen molar-refractivity contribution in [2.24, 2.45) is 0 Å². The number of benzene rings is 2. The Morgan fingerprint density at radius 1 is 0.966 bits per heavy atom. The van der Waals surface area contributed by atoms with E-state index in [1.807, 2.05) is 13.8 Å². The molecule has 2 aromatic rings. The second-order valence-electron chi connectivity index (χ2n) is 6.53. The minimum Gasteiger partial charge on any atom is -0.497 e. The summed E-state index contributed by atoms with van der Waals surface area (Å²) >= 11 is 0. The Morgan fingerprint density at radius 2 is 1.62 bits per heavy atom. The molecule has 0 atom stereocenters. The van der Waals surface area contributed by atoms with E-state index in [2.05, 4.69) is 16.0 Å². The van der Waals surface area contributed by atoms with Gasteiger partial charge in [0.2, 0.25) is 0 Å². The number of rotatable bonds is 8. The van der Waals surface area contributed by atoms with E-state index in [0.717, 1.165) is 5.56 Å². The van der Waals surface area contributed by atoms with E-state index < -0.39 is 18.5 Å². The topological polar surface area (TPSA) is 106 Å². The number of nitrogens with one attached hydrogen (secondary N) is 3. The van der Waals surface area contributed by atoms with Gasteiger partial charge in [0.05, 0.1) is 12.7 Å². The molecule has 0 fully saturated rings. The first-order valence-corrected chi connectivity index (χ1v) is 9.11. The maximum Gasteiger partial charge on any atom is 0.338 e. The lowest BCUT2D eigenvalue weighted by molar-refractivity contribution is -0.119. The van der Waals surface area contributed by atoms with Crippen molar-refractivity contribution in [3.63, 3.8) is 0 Å². The van der Waals surface area contributed by atoms with Crippen molar-refractivity contribution in [1.82, 2.24) is 10.6 Å². The van der Waals surface area contributed by atoms with Crippen LogP contribution in [0.4, 0.5) is 10.5 Å². The van der Waals surface area contributed by atoms with Crippen molar-refractivity contribution < 1.29 is 23.9 Å². The molecule has 0 saturated heterocycles. The Bertz CT molecular complexity index is 832. The van der Waals surface area contributed by atoms with E-state index in [0.29, 0.717) is 23.5 Å². The molecule has 3 N–H and O–H groups in total. The van der Waals surface area contributed by atoms with Crippen LogP contribution in [-0.2, 0) is 16.1 Å². The normalized spacial score (nSPS) is 10.2. The van der Waals surface area contributed by atoms with Crippen LogP contribution in [0.3, 0.4) is 0 Å². The highest BCUT2D eigenvalue weighted by Crippen LogP contribution is 2.15. The number of anilines is 1. The van der Waals surface area contributed by atoms with Crippen LogP contribution in [0.15, 0.2) is 48.5 Å². The Hall–Kier alpha value is -3.55. The third-order valence-electron chi connectivity index (χ3n) is 3.77. The highest BCUT2D eigenvalue weighted by molar-refractivity contribution is 5.95. The molecule has 154 valence electrons. The molecular formula is C21H25N3O5. The van der Waals surface area contributed by atoms with Crippen LogP contribution >= 0.6 is 0 Å². The first-order valence-electron chi connectivity index (χ1n) is 9.11. The molecule has 29 heavy (non-hydrogen) atoms. The summed E-state index contributed by atoms with van der Waals surface area (Å²) in [4.78, 5) is 35.6. The summed E-state index contributed by atoms with van der Waals surface area (Å²) in [5.41, 5.74) is 1.72. The number of methoxy groups -OCH3 is 1. The molecule has 0 spiro atoms. The smallest absolute Gasteiger partial charge is 0.338 e. The molecule has 0 saturated carbocycles. The predicted molar refractivity (Wildman–Crippen MR) is 109 cm³/mol. The number of esters is 1. The van der Waals surface area contributed by atoms with Gasteiger partial charge in [0.1, 0.15) is 5.75 Å². The highest BCUT2D eigenvalue weighted by atomic mass is 16.5. The molecule has 0 unspecified atom stereocenters. The van der Waals surface area contributed by atoms with Gasteiger partial charge < -0.3 is 25.4 Å². The van der Waals surface area contributed by atoms with Gasteiger partial charge in [-0.25, -0.2) is 9.59 Å². The van der Waals surface area contributed by atoms with Crippen LogP contribution in [0, 0.1) is 0 Å². The quantitative estimate of drug-likeness (QED) is 0.592. The second kappa shape index (κ2) is 10.7. The molecular weight excluding hydrogens is 374 g/mol. The van der Waals surface area contributed by atoms with Crippen LogP contribution in [0.5, 0.6) is 5.75 Å². The van der Waals surface area contributed by atoms with E-state index in [1.165, 1.54) is 0 Å². The fraction of sp³-hybridized carbons (Fsp3) is 0.286. The van der Waals surface area contributed by atoms with Crippen molar-refractivity contribution in [2.75, 3.05) is 19.0 Å². The van der Waals surface area contributed by atoms with Gasteiger partial charge in [-0.3, -0.25) is 4.79 Å². The maximum absolute atomic E-state index is 12.1. The summed E-state index contributed by atoms with van der Waals surface area (Å²) in [6.07, 6.45) is 0. The van der Waals surface area contributed by atoms with Crippen LogP contribution in [-0.4, -0.2) is 37.7 Å². The van der Waals surface area contributed by atoms with Crippen molar-refractivity contribution in [2.45, 2.75) is 26.4 Å². The second-order valence-corrected chi connectivity index (χ2v) is 6.53. The Morgan fingerprint density at radius 3 is 2.21 bits per heavy atom. The van der Waals surface area contributed by atoms with Crippen molar-refractivity contribution in [3.05, 3.63) is 59.7 Å². The molecule has 0 radical (unpaired) electrons. The van der Waals surface area contributed by atoms with Gasteiger partial charge >= 0.3 is 12.0 Å². The summed E-state index contributed by atoms with van der Waals surface area (Å²) in [7, 11) is 1.56. The van der Waals surface area contributed by atoms with Gasteiger partial charge in [0, 0.05) is 18.3 Å². The number of hydrogen-bond donors (Lipinski definition) is 3. The van der Waals surface area contributed by atoms with E-state index in [4.69, 9.17) is 9.47 Å². The summed E-state index contributed by atoms with van der Waals surface area (Å²) < 4.78 is 10.1. The minimum atomic E-state index is -0.605. The van der Waals surface area contributed by atoms with Crippen molar-refractivity contribution in [1.29, 1.82) is 0 Å². The average Bonchev–Trinajstić information content (AvgIpc) is 2.71. The number of amides is 3. The zero-order valence-corrected chi connectivity index (χ0v) is 16.7. The molecule has 2 rings (SSSR count). The summed E-state index contributed by atoms with van der Waals surface area (Å²) in [5.74, 6) is -0.374. The predicted octanol–water partition coefficient (Wildman–Crippen LogP) is 2.70. The van der Waals surface area contributed by atoms with Gasteiger partial charge in [-0.2, -0.15) is 0 Å². The molecule has 0 heterocycles. The molecule has 3 amide bonds. The van der Waals surface area contributed by atoms with Crippen molar-refractivity contribution >= 4 is 23.6 Å². The summed E-state index contributed by atoms with van der Waals surface area (Å²) in [6, 6.07) is 13.2. The Kier molecular flexibility index (Phi) is 8.02. The molecule has 0 aliphatic carbocycles. The lowest BCUT2D eigenvalue weighted by atomic mass is 10.1.